The molecule has 0 bridgehead atoms. The third-order valence-electron chi connectivity index (χ3n) is 8.90. The Labute approximate surface area is 237 Å². The van der Waals surface area contributed by atoms with E-state index in [2.05, 4.69) is 15.0 Å². The number of Topliss-reactive ketones (excluding diaryl/α,β-unsaturated/α-hetero) is 1. The fraction of sp³-hybridized carbons (Fsp3) is 0.345. The van der Waals surface area contributed by atoms with Gasteiger partial charge in [-0.05, 0) is 60.0 Å². The molecule has 8 nitrogen and oxygen atoms in total. The third-order valence-corrected chi connectivity index (χ3v) is 9.93. The molecule has 0 saturated carbocycles. The lowest BCUT2D eigenvalue weighted by Gasteiger charge is -2.44. The Kier molecular flexibility index (Phi) is 5.65. The van der Waals surface area contributed by atoms with Gasteiger partial charge < -0.3 is 19.5 Å². The zero-order valence-electron chi connectivity index (χ0n) is 21.9. The van der Waals surface area contributed by atoms with Crippen molar-refractivity contribution >= 4 is 29.1 Å². The van der Waals surface area contributed by atoms with Gasteiger partial charge in [-0.25, -0.2) is 0 Å². The first-order valence-corrected chi connectivity index (χ1v) is 14.1. The first-order valence-electron chi connectivity index (χ1n) is 12.9. The Morgan fingerprint density at radius 2 is 1.78 bits per heavy atom. The van der Waals surface area contributed by atoms with Gasteiger partial charge in [0.05, 0.1) is 19.6 Å². The van der Waals surface area contributed by atoms with Crippen LogP contribution >= 0.6 is 11.8 Å². The molecule has 2 spiro atoms. The van der Waals surface area contributed by atoms with Gasteiger partial charge >= 0.3 is 6.36 Å². The van der Waals surface area contributed by atoms with Gasteiger partial charge in [-0.1, -0.05) is 0 Å². The second kappa shape index (κ2) is 8.86. The van der Waals surface area contributed by atoms with Crippen LogP contribution in [0.15, 0.2) is 54.9 Å². The van der Waals surface area contributed by atoms with Crippen molar-refractivity contribution in [1.82, 2.24) is 9.88 Å². The molecule has 1 aromatic heterocycles. The van der Waals surface area contributed by atoms with Gasteiger partial charge in [0.15, 0.2) is 17.3 Å². The van der Waals surface area contributed by atoms with Gasteiger partial charge in [0, 0.05) is 52.8 Å². The summed E-state index contributed by atoms with van der Waals surface area (Å²) in [4.78, 5) is 35.6. The van der Waals surface area contributed by atoms with Crippen molar-refractivity contribution in [3.8, 4) is 17.2 Å². The number of ether oxygens (including phenoxy) is 3. The van der Waals surface area contributed by atoms with Crippen LogP contribution in [0.3, 0.4) is 0 Å². The summed E-state index contributed by atoms with van der Waals surface area (Å²) in [6.07, 6.45) is -1.46. The van der Waals surface area contributed by atoms with Crippen LogP contribution in [0.2, 0.25) is 0 Å². The quantitative estimate of drug-likeness (QED) is 0.471. The smallest absolute Gasteiger partial charge is 0.493 e. The summed E-state index contributed by atoms with van der Waals surface area (Å²) >= 11 is 1.62. The molecule has 12 heteroatoms. The molecule has 41 heavy (non-hydrogen) atoms. The van der Waals surface area contributed by atoms with Gasteiger partial charge in [-0.15, -0.1) is 24.9 Å². The number of hydrogen-bond acceptors (Lipinski definition) is 8. The number of nitrogens with one attached hydrogen (secondary N) is 1. The van der Waals surface area contributed by atoms with Crippen LogP contribution in [-0.4, -0.2) is 59.8 Å². The van der Waals surface area contributed by atoms with E-state index >= 15 is 0 Å². The summed E-state index contributed by atoms with van der Waals surface area (Å²) < 4.78 is 55.3. The molecule has 4 aliphatic rings. The molecule has 7 rings (SSSR count). The molecule has 2 aromatic carbocycles. The summed E-state index contributed by atoms with van der Waals surface area (Å²) in [6.45, 7) is 0. The third kappa shape index (κ3) is 3.37. The Morgan fingerprint density at radius 3 is 2.49 bits per heavy atom. The van der Waals surface area contributed by atoms with Crippen molar-refractivity contribution in [1.29, 1.82) is 0 Å². The predicted molar refractivity (Wildman–Crippen MR) is 143 cm³/mol. The summed E-state index contributed by atoms with van der Waals surface area (Å²) in [5.41, 5.74) is -0.430. The van der Waals surface area contributed by atoms with Crippen molar-refractivity contribution in [2.45, 2.75) is 30.3 Å². The van der Waals surface area contributed by atoms with E-state index in [9.17, 15) is 22.8 Å². The van der Waals surface area contributed by atoms with Crippen LogP contribution in [0.25, 0.3) is 0 Å². The number of benzene rings is 2. The number of thioether (sulfide) groups is 1. The molecule has 2 fully saturated rings. The molecule has 0 unspecified atom stereocenters. The van der Waals surface area contributed by atoms with E-state index in [4.69, 9.17) is 9.47 Å². The molecular formula is C29H24F3N3O5S. The van der Waals surface area contributed by atoms with Crippen molar-refractivity contribution in [3.05, 3.63) is 77.1 Å². The largest absolute Gasteiger partial charge is 0.573 e. The molecule has 3 aliphatic heterocycles. The van der Waals surface area contributed by atoms with E-state index < -0.39 is 34.9 Å². The highest BCUT2D eigenvalue weighted by molar-refractivity contribution is 7.99. The number of pyridine rings is 1. The van der Waals surface area contributed by atoms with Crippen molar-refractivity contribution in [3.63, 3.8) is 0 Å². The number of hydrogen-bond donors (Lipinski definition) is 1. The topological polar surface area (TPSA) is 90.0 Å². The van der Waals surface area contributed by atoms with Crippen LogP contribution in [0.5, 0.6) is 17.2 Å². The molecule has 2 saturated heterocycles. The van der Waals surface area contributed by atoms with Gasteiger partial charge in [-0.3, -0.25) is 19.5 Å². The van der Waals surface area contributed by atoms with Crippen LogP contribution in [0, 0.1) is 5.41 Å². The minimum atomic E-state index is -4.93. The van der Waals surface area contributed by atoms with Gasteiger partial charge in [0.1, 0.15) is 11.3 Å². The molecular weight excluding hydrogens is 559 g/mol. The van der Waals surface area contributed by atoms with E-state index in [-0.39, 0.29) is 18.2 Å². The minimum Gasteiger partial charge on any atom is -0.493 e. The zero-order chi connectivity index (χ0) is 28.7. The highest BCUT2D eigenvalue weighted by Crippen LogP contribution is 2.71. The predicted octanol–water partition coefficient (Wildman–Crippen LogP) is 4.74. The SMILES string of the molecule is COc1cc2c(cc1OC)C(=O)[C@]1(C2)[C@@H](c2ccncc2)[C@@H]2CSCN2[C@@]12C(=O)Nc1ccc(OC(F)(F)F)cc12. The fourth-order valence-corrected chi connectivity index (χ4v) is 8.90. The second-order valence-corrected chi connectivity index (χ2v) is 11.6. The molecule has 1 N–H and O–H groups in total. The average molecular weight is 584 g/mol. The zero-order valence-corrected chi connectivity index (χ0v) is 22.8. The first-order chi connectivity index (χ1) is 19.7. The number of anilines is 1. The molecule has 4 atom stereocenters. The molecule has 4 heterocycles. The van der Waals surface area contributed by atoms with E-state index in [1.807, 2.05) is 17.0 Å². The number of halogens is 3. The number of rotatable bonds is 4. The number of carbonyl (C=O) groups is 2. The standard InChI is InChI=1S/C29H24F3N3O5S/c1-38-22-9-16-12-27(25(36)18(16)11-23(22)39-2)24(15-5-7-33-8-6-15)21-13-41-14-35(21)28(27)19-10-17(40-29(30,31)32)3-4-20(19)34-26(28)37/h3-11,21,24H,12-14H2,1-2H3,(H,34,37)/t21-,24-,27-,28-/m0/s1. The monoisotopic (exact) mass is 583 g/mol. The summed E-state index contributed by atoms with van der Waals surface area (Å²) in [5, 5.41) is 2.91. The minimum absolute atomic E-state index is 0.170. The van der Waals surface area contributed by atoms with E-state index in [1.54, 1.807) is 36.3 Å². The van der Waals surface area contributed by atoms with Gasteiger partial charge in [0.2, 0.25) is 0 Å². The number of aromatic nitrogens is 1. The number of nitrogens with zero attached hydrogens (tertiary/aromatic N) is 2. The Balaban J connectivity index is 1.53. The number of ketones is 1. The second-order valence-electron chi connectivity index (χ2n) is 10.6. The molecule has 212 valence electrons. The lowest BCUT2D eigenvalue weighted by molar-refractivity contribution is -0.274. The maximum Gasteiger partial charge on any atom is 0.573 e. The van der Waals surface area contributed by atoms with Gasteiger partial charge in [-0.2, -0.15) is 0 Å². The van der Waals surface area contributed by atoms with Crippen LogP contribution in [-0.2, 0) is 16.8 Å². The summed E-state index contributed by atoms with van der Waals surface area (Å²) in [6, 6.07) is 10.7. The lowest BCUT2D eigenvalue weighted by atomic mass is 9.58. The van der Waals surface area contributed by atoms with Gasteiger partial charge in [0.25, 0.3) is 5.91 Å². The van der Waals surface area contributed by atoms with E-state index in [0.29, 0.717) is 45.5 Å². The van der Waals surface area contributed by atoms with E-state index in [0.717, 1.165) is 5.56 Å². The maximum absolute atomic E-state index is 15.0. The van der Waals surface area contributed by atoms with Crippen LogP contribution in [0.4, 0.5) is 18.9 Å². The van der Waals surface area contributed by atoms with Crippen LogP contribution in [0.1, 0.15) is 33.0 Å². The molecule has 3 aromatic rings. The van der Waals surface area contributed by atoms with Crippen molar-refractivity contribution in [2.24, 2.45) is 5.41 Å². The maximum atomic E-state index is 15.0. The fourth-order valence-electron chi connectivity index (χ4n) is 7.60. The average Bonchev–Trinajstić information content (AvgIpc) is 3.66. The van der Waals surface area contributed by atoms with Crippen LogP contribution < -0.4 is 19.5 Å². The highest BCUT2D eigenvalue weighted by atomic mass is 32.2. The normalized spacial score (nSPS) is 28.1. The Bertz CT molecular complexity index is 1600. The Morgan fingerprint density at radius 1 is 1.05 bits per heavy atom. The van der Waals surface area contributed by atoms with E-state index in [1.165, 1.54) is 32.4 Å². The lowest BCUT2D eigenvalue weighted by Crippen LogP contribution is -2.58. The molecule has 1 aliphatic carbocycles. The number of alkyl halides is 3. The number of carbonyl (C=O) groups excluding carboxylic acids is 2. The highest BCUT2D eigenvalue weighted by Gasteiger charge is 2.79. The molecule has 0 radical (unpaired) electrons. The van der Waals surface area contributed by atoms with Crippen molar-refractivity contribution in [2.75, 3.05) is 31.2 Å². The first kappa shape index (κ1) is 26.1. The summed E-state index contributed by atoms with van der Waals surface area (Å²) in [7, 11) is 2.98. The van der Waals surface area contributed by atoms with Crippen molar-refractivity contribution < 1.29 is 37.0 Å². The number of fused-ring (bicyclic) bond motifs is 6. The number of methoxy groups -OCH3 is 2. The molecule has 1 amide bonds. The number of amides is 1. The Hall–Kier alpha value is -3.77. The summed E-state index contributed by atoms with van der Waals surface area (Å²) in [5.74, 6) is 0.232.